The molecule has 2 unspecified atom stereocenters. The first-order valence-electron chi connectivity index (χ1n) is 4.83. The zero-order chi connectivity index (χ0) is 9.54. The number of rotatable bonds is 0. The van der Waals surface area contributed by atoms with Gasteiger partial charge in [-0.3, -0.25) is 4.79 Å². The maximum Gasteiger partial charge on any atom is 0.246 e. The third-order valence-corrected chi connectivity index (χ3v) is 2.91. The van der Waals surface area contributed by atoms with Gasteiger partial charge in [-0.15, -0.1) is 0 Å². The van der Waals surface area contributed by atoms with Gasteiger partial charge in [0.2, 0.25) is 5.91 Å². The van der Waals surface area contributed by atoms with E-state index in [0.717, 1.165) is 6.42 Å². The molecule has 0 aromatic heterocycles. The molecule has 0 spiro atoms. The Balaban J connectivity index is 1.98. The summed E-state index contributed by atoms with van der Waals surface area (Å²) in [6.07, 6.45) is 0.968. The number of fused-ring (bicyclic) bond motifs is 3. The lowest BCUT2D eigenvalue weighted by Crippen LogP contribution is -2.45. The third-order valence-electron chi connectivity index (χ3n) is 2.91. The molecule has 0 saturated carbocycles. The summed E-state index contributed by atoms with van der Waals surface area (Å²) in [5, 5.41) is 2.96. The molecular formula is C11H11NO2. The van der Waals surface area contributed by atoms with E-state index in [9.17, 15) is 4.79 Å². The molecule has 1 fully saturated rings. The highest BCUT2D eigenvalue weighted by molar-refractivity contribution is 5.78. The van der Waals surface area contributed by atoms with E-state index in [2.05, 4.69) is 17.4 Å². The average molecular weight is 189 g/mol. The molecule has 72 valence electrons. The Morgan fingerprint density at radius 1 is 1.36 bits per heavy atom. The largest absolute Gasteiger partial charge is 0.362 e. The molecule has 2 atom stereocenters. The van der Waals surface area contributed by atoms with Gasteiger partial charge >= 0.3 is 0 Å². The predicted molar refractivity (Wildman–Crippen MR) is 50.8 cm³/mol. The quantitative estimate of drug-likeness (QED) is 0.655. The number of carbonyl (C=O) groups excluding carboxylic acids is 1. The summed E-state index contributed by atoms with van der Waals surface area (Å²) in [6.45, 7) is 0.190. The van der Waals surface area contributed by atoms with Crippen LogP contribution >= 0.6 is 0 Å². The van der Waals surface area contributed by atoms with Crippen LogP contribution in [0.2, 0.25) is 0 Å². The summed E-state index contributed by atoms with van der Waals surface area (Å²) in [5.41, 5.74) is 2.53. The van der Waals surface area contributed by atoms with Crippen LogP contribution in [0.25, 0.3) is 0 Å². The van der Waals surface area contributed by atoms with Crippen molar-refractivity contribution in [2.45, 2.75) is 18.6 Å². The summed E-state index contributed by atoms with van der Waals surface area (Å²) in [7, 11) is 0. The van der Waals surface area contributed by atoms with Gasteiger partial charge in [-0.05, 0) is 17.5 Å². The highest BCUT2D eigenvalue weighted by atomic mass is 16.5. The summed E-state index contributed by atoms with van der Waals surface area (Å²) in [4.78, 5) is 11.1. The van der Waals surface area contributed by atoms with Gasteiger partial charge in [0.25, 0.3) is 0 Å². The van der Waals surface area contributed by atoms with E-state index in [4.69, 9.17) is 4.74 Å². The zero-order valence-corrected chi connectivity index (χ0v) is 7.69. The maximum atomic E-state index is 11.1. The van der Waals surface area contributed by atoms with Crippen molar-refractivity contribution in [3.63, 3.8) is 0 Å². The van der Waals surface area contributed by atoms with Crippen LogP contribution < -0.4 is 5.32 Å². The molecule has 1 aliphatic carbocycles. The number of ether oxygens (including phenoxy) is 1. The van der Waals surface area contributed by atoms with Crippen LogP contribution in [0.3, 0.4) is 0 Å². The Kier molecular flexibility index (Phi) is 1.61. The summed E-state index contributed by atoms with van der Waals surface area (Å²) >= 11 is 0. The van der Waals surface area contributed by atoms with E-state index in [-0.39, 0.29) is 24.7 Å². The number of carbonyl (C=O) groups is 1. The Hall–Kier alpha value is -1.35. The molecule has 1 aliphatic heterocycles. The molecule has 1 heterocycles. The fourth-order valence-corrected chi connectivity index (χ4v) is 2.30. The van der Waals surface area contributed by atoms with E-state index < -0.39 is 0 Å². The Bertz CT molecular complexity index is 389. The fourth-order valence-electron chi connectivity index (χ4n) is 2.30. The minimum absolute atomic E-state index is 0.000874. The Labute approximate surface area is 82.1 Å². The highest BCUT2D eigenvalue weighted by Gasteiger charge is 2.37. The lowest BCUT2D eigenvalue weighted by Gasteiger charge is -2.26. The highest BCUT2D eigenvalue weighted by Crippen LogP contribution is 2.35. The van der Waals surface area contributed by atoms with Crippen LogP contribution in [0.1, 0.15) is 17.2 Å². The predicted octanol–water partition coefficient (Wildman–Crippen LogP) is 0.799. The van der Waals surface area contributed by atoms with Crippen LogP contribution in [0, 0.1) is 0 Å². The van der Waals surface area contributed by atoms with Crippen molar-refractivity contribution in [3.8, 4) is 0 Å². The maximum absolute atomic E-state index is 11.1. The molecule has 3 heteroatoms. The topological polar surface area (TPSA) is 38.3 Å². The molecule has 1 amide bonds. The number of hydrogen-bond acceptors (Lipinski definition) is 2. The molecule has 1 saturated heterocycles. The second-order valence-corrected chi connectivity index (χ2v) is 3.81. The SMILES string of the molecule is O=C1COC2c3ccccc3CC2N1. The normalized spacial score (nSPS) is 29.3. The van der Waals surface area contributed by atoms with Crippen molar-refractivity contribution in [2.75, 3.05) is 6.61 Å². The smallest absolute Gasteiger partial charge is 0.246 e. The first kappa shape index (κ1) is 8.00. The van der Waals surface area contributed by atoms with Crippen molar-refractivity contribution < 1.29 is 9.53 Å². The van der Waals surface area contributed by atoms with Crippen LogP contribution in [-0.4, -0.2) is 18.6 Å². The Morgan fingerprint density at radius 3 is 3.14 bits per heavy atom. The average Bonchev–Trinajstić information content (AvgIpc) is 2.54. The number of hydrogen-bond donors (Lipinski definition) is 1. The van der Waals surface area contributed by atoms with Crippen LogP contribution in [0.5, 0.6) is 0 Å². The molecule has 3 nitrogen and oxygen atoms in total. The van der Waals surface area contributed by atoms with Gasteiger partial charge in [0.1, 0.15) is 12.7 Å². The standard InChI is InChI=1S/C11H11NO2/c13-10-6-14-11-8-4-2-1-3-7(8)5-9(11)12-10/h1-4,9,11H,5-6H2,(H,12,13). The van der Waals surface area contributed by atoms with Gasteiger partial charge < -0.3 is 10.1 Å². The van der Waals surface area contributed by atoms with E-state index >= 15 is 0 Å². The zero-order valence-electron chi connectivity index (χ0n) is 7.69. The van der Waals surface area contributed by atoms with Gasteiger partial charge in [0.15, 0.2) is 0 Å². The van der Waals surface area contributed by atoms with Crippen molar-refractivity contribution in [3.05, 3.63) is 35.4 Å². The molecule has 0 bridgehead atoms. The van der Waals surface area contributed by atoms with E-state index in [1.165, 1.54) is 11.1 Å². The van der Waals surface area contributed by atoms with E-state index in [0.29, 0.717) is 0 Å². The van der Waals surface area contributed by atoms with Crippen LogP contribution in [0.4, 0.5) is 0 Å². The lowest BCUT2D eigenvalue weighted by atomic mass is 10.1. The van der Waals surface area contributed by atoms with Gasteiger partial charge in [-0.25, -0.2) is 0 Å². The lowest BCUT2D eigenvalue weighted by molar-refractivity contribution is -0.136. The van der Waals surface area contributed by atoms with E-state index in [1.807, 2.05) is 12.1 Å². The van der Waals surface area contributed by atoms with Gasteiger partial charge in [-0.2, -0.15) is 0 Å². The first-order valence-corrected chi connectivity index (χ1v) is 4.83. The number of benzene rings is 1. The summed E-state index contributed by atoms with van der Waals surface area (Å²) < 4.78 is 5.53. The second-order valence-electron chi connectivity index (χ2n) is 3.81. The van der Waals surface area contributed by atoms with Crippen molar-refractivity contribution in [1.82, 2.24) is 5.32 Å². The molecule has 1 aromatic rings. The van der Waals surface area contributed by atoms with E-state index in [1.54, 1.807) is 0 Å². The molecule has 2 aliphatic rings. The summed E-state index contributed by atoms with van der Waals surface area (Å²) in [5.74, 6) is -0.000874. The Morgan fingerprint density at radius 2 is 2.21 bits per heavy atom. The van der Waals surface area contributed by atoms with Crippen LogP contribution in [-0.2, 0) is 16.0 Å². The van der Waals surface area contributed by atoms with Crippen molar-refractivity contribution in [1.29, 1.82) is 0 Å². The molecule has 1 N–H and O–H groups in total. The van der Waals surface area contributed by atoms with Gasteiger partial charge in [0, 0.05) is 0 Å². The van der Waals surface area contributed by atoms with Crippen molar-refractivity contribution >= 4 is 5.91 Å². The fraction of sp³-hybridized carbons (Fsp3) is 0.364. The number of amides is 1. The molecule has 3 rings (SSSR count). The van der Waals surface area contributed by atoms with Crippen LogP contribution in [0.15, 0.2) is 24.3 Å². The monoisotopic (exact) mass is 189 g/mol. The molecule has 14 heavy (non-hydrogen) atoms. The minimum atomic E-state index is -0.000874. The molecule has 1 aromatic carbocycles. The third kappa shape index (κ3) is 1.06. The summed E-state index contributed by atoms with van der Waals surface area (Å²) in [6, 6.07) is 8.37. The van der Waals surface area contributed by atoms with Gasteiger partial charge in [0.05, 0.1) is 6.04 Å². The number of morpholine rings is 1. The first-order chi connectivity index (χ1) is 6.84. The molecule has 0 radical (unpaired) electrons. The minimum Gasteiger partial charge on any atom is -0.362 e. The van der Waals surface area contributed by atoms with Crippen molar-refractivity contribution in [2.24, 2.45) is 0 Å². The van der Waals surface area contributed by atoms with Gasteiger partial charge in [-0.1, -0.05) is 24.3 Å². The number of nitrogens with one attached hydrogen (secondary N) is 1. The molecular weight excluding hydrogens is 178 g/mol. The second kappa shape index (κ2) is 2.82.